The first-order chi connectivity index (χ1) is 8.62. The highest BCUT2D eigenvalue weighted by molar-refractivity contribution is 5.21. The van der Waals surface area contributed by atoms with Gasteiger partial charge in [0.1, 0.15) is 0 Å². The summed E-state index contributed by atoms with van der Waals surface area (Å²) >= 11 is 0. The molecule has 1 fully saturated rings. The molecule has 1 atom stereocenters. The summed E-state index contributed by atoms with van der Waals surface area (Å²) < 4.78 is 0. The van der Waals surface area contributed by atoms with Crippen LogP contribution >= 0.6 is 0 Å². The van der Waals surface area contributed by atoms with E-state index in [-0.39, 0.29) is 0 Å². The van der Waals surface area contributed by atoms with Crippen molar-refractivity contribution in [2.24, 2.45) is 5.92 Å². The van der Waals surface area contributed by atoms with Gasteiger partial charge in [0.15, 0.2) is 0 Å². The number of nitrogens with zero attached hydrogens (tertiary/aromatic N) is 1. The molecule has 1 aliphatic rings. The molecule has 0 amide bonds. The molecule has 100 valence electrons. The highest BCUT2D eigenvalue weighted by Crippen LogP contribution is 2.24. The van der Waals surface area contributed by atoms with Crippen molar-refractivity contribution in [3.63, 3.8) is 0 Å². The molecule has 1 saturated heterocycles. The Balaban J connectivity index is 1.93. The molecule has 0 aromatic heterocycles. The average molecular weight is 249 g/mol. The fourth-order valence-corrected chi connectivity index (χ4v) is 2.65. The second kappa shape index (κ2) is 5.83. The summed E-state index contributed by atoms with van der Waals surface area (Å²) in [4.78, 5) is 2.29. The van der Waals surface area contributed by atoms with Crippen LogP contribution in [-0.2, 0) is 5.60 Å². The van der Waals surface area contributed by atoms with Crippen LogP contribution in [0.5, 0.6) is 0 Å². The Kier molecular flexibility index (Phi) is 4.38. The molecule has 0 aliphatic carbocycles. The molecule has 1 unspecified atom stereocenters. The van der Waals surface area contributed by atoms with Crippen molar-refractivity contribution in [1.82, 2.24) is 4.90 Å². The lowest BCUT2D eigenvalue weighted by molar-refractivity contribution is 0.00259. The molecule has 1 heterocycles. The Hall–Kier alpha value is -0.900. The quantitative estimate of drug-likeness (QED) is 0.852. The average Bonchev–Trinajstić information content (AvgIpc) is 2.40. The van der Waals surface area contributed by atoms with Crippen molar-refractivity contribution in [2.45, 2.75) is 25.4 Å². The van der Waals surface area contributed by atoms with Crippen LogP contribution in [-0.4, -0.2) is 41.4 Å². The fraction of sp³-hybridized carbons (Fsp3) is 0.600. The topological polar surface area (TPSA) is 43.7 Å². The van der Waals surface area contributed by atoms with Gasteiger partial charge in [-0.3, -0.25) is 0 Å². The number of likely N-dealkylation sites (tertiary alicyclic amines) is 1. The zero-order valence-corrected chi connectivity index (χ0v) is 11.0. The van der Waals surface area contributed by atoms with Gasteiger partial charge >= 0.3 is 0 Å². The molecule has 1 aromatic rings. The van der Waals surface area contributed by atoms with Crippen LogP contribution in [0.3, 0.4) is 0 Å². The van der Waals surface area contributed by atoms with Crippen molar-refractivity contribution >= 4 is 0 Å². The summed E-state index contributed by atoms with van der Waals surface area (Å²) in [6, 6.07) is 9.83. The number of hydrogen-bond acceptors (Lipinski definition) is 3. The van der Waals surface area contributed by atoms with Crippen molar-refractivity contribution < 1.29 is 10.2 Å². The van der Waals surface area contributed by atoms with Gasteiger partial charge in [-0.05, 0) is 44.3 Å². The molecule has 0 radical (unpaired) electrons. The standard InChI is InChI=1S/C15H23NO2/c1-15(18,14-5-3-2-4-6-14)12-16-9-7-13(11-17)8-10-16/h2-6,13,17-18H,7-12H2,1H3. The van der Waals surface area contributed by atoms with Gasteiger partial charge in [-0.1, -0.05) is 30.3 Å². The summed E-state index contributed by atoms with van der Waals surface area (Å²) in [5.74, 6) is 0.447. The van der Waals surface area contributed by atoms with E-state index in [2.05, 4.69) is 4.90 Å². The molecule has 2 N–H and O–H groups in total. The monoisotopic (exact) mass is 249 g/mol. The Labute approximate surface area is 109 Å². The number of aliphatic hydroxyl groups excluding tert-OH is 1. The highest BCUT2D eigenvalue weighted by atomic mass is 16.3. The predicted octanol–water partition coefficient (Wildman–Crippen LogP) is 1.60. The van der Waals surface area contributed by atoms with Gasteiger partial charge in [-0.15, -0.1) is 0 Å². The molecule has 1 aliphatic heterocycles. The van der Waals surface area contributed by atoms with Gasteiger partial charge in [0.05, 0.1) is 5.60 Å². The first-order valence-corrected chi connectivity index (χ1v) is 6.73. The first-order valence-electron chi connectivity index (χ1n) is 6.73. The second-order valence-electron chi connectivity index (χ2n) is 5.54. The summed E-state index contributed by atoms with van der Waals surface area (Å²) in [5.41, 5.74) is 0.169. The normalized spacial score (nSPS) is 21.7. The summed E-state index contributed by atoms with van der Waals surface area (Å²) in [5, 5.41) is 19.7. The van der Waals surface area contributed by atoms with Crippen LogP contribution < -0.4 is 0 Å². The third kappa shape index (κ3) is 3.31. The number of hydrogen-bond donors (Lipinski definition) is 2. The largest absolute Gasteiger partial charge is 0.396 e. The van der Waals surface area contributed by atoms with Crippen molar-refractivity contribution in [2.75, 3.05) is 26.2 Å². The molecule has 0 spiro atoms. The maximum Gasteiger partial charge on any atom is 0.0994 e. The Morgan fingerprint density at radius 2 is 1.83 bits per heavy atom. The van der Waals surface area contributed by atoms with Crippen LogP contribution in [0.1, 0.15) is 25.3 Å². The zero-order valence-electron chi connectivity index (χ0n) is 11.0. The summed E-state index contributed by atoms with van der Waals surface area (Å²) in [6.07, 6.45) is 2.06. The number of benzene rings is 1. The smallest absolute Gasteiger partial charge is 0.0994 e. The second-order valence-corrected chi connectivity index (χ2v) is 5.54. The number of aliphatic hydroxyl groups is 2. The van der Waals surface area contributed by atoms with Crippen LogP contribution in [0.15, 0.2) is 30.3 Å². The lowest BCUT2D eigenvalue weighted by Gasteiger charge is -2.36. The van der Waals surface area contributed by atoms with Gasteiger partial charge in [-0.2, -0.15) is 0 Å². The molecule has 3 nitrogen and oxygen atoms in total. The van der Waals surface area contributed by atoms with E-state index in [0.717, 1.165) is 31.5 Å². The highest BCUT2D eigenvalue weighted by Gasteiger charge is 2.28. The van der Waals surface area contributed by atoms with Crippen molar-refractivity contribution in [1.29, 1.82) is 0 Å². The summed E-state index contributed by atoms with van der Waals surface area (Å²) in [7, 11) is 0. The van der Waals surface area contributed by atoms with Crippen LogP contribution in [0.2, 0.25) is 0 Å². The van der Waals surface area contributed by atoms with Crippen LogP contribution in [0.4, 0.5) is 0 Å². The minimum Gasteiger partial charge on any atom is -0.396 e. The van der Waals surface area contributed by atoms with E-state index >= 15 is 0 Å². The SMILES string of the molecule is CC(O)(CN1CCC(CO)CC1)c1ccccc1. The number of piperidine rings is 1. The third-order valence-corrected chi connectivity index (χ3v) is 3.89. The molecular formula is C15H23NO2. The van der Waals surface area contributed by atoms with E-state index < -0.39 is 5.60 Å². The third-order valence-electron chi connectivity index (χ3n) is 3.89. The molecule has 2 rings (SSSR count). The maximum absolute atomic E-state index is 10.6. The lowest BCUT2D eigenvalue weighted by atomic mass is 9.92. The Morgan fingerprint density at radius 1 is 1.22 bits per heavy atom. The Bertz CT molecular complexity index is 356. The molecule has 1 aromatic carbocycles. The van der Waals surface area contributed by atoms with Crippen molar-refractivity contribution in [3.05, 3.63) is 35.9 Å². The fourth-order valence-electron chi connectivity index (χ4n) is 2.65. The van der Waals surface area contributed by atoms with E-state index in [4.69, 9.17) is 5.11 Å². The molecule has 3 heteroatoms. The van der Waals surface area contributed by atoms with Crippen molar-refractivity contribution in [3.8, 4) is 0 Å². The molecule has 0 saturated carbocycles. The predicted molar refractivity (Wildman–Crippen MR) is 72.3 cm³/mol. The van der Waals surface area contributed by atoms with E-state index in [9.17, 15) is 5.11 Å². The molecule has 0 bridgehead atoms. The van der Waals surface area contributed by atoms with Gasteiger partial charge in [0.25, 0.3) is 0 Å². The van der Waals surface area contributed by atoms with E-state index in [1.54, 1.807) is 0 Å². The number of β-amino-alcohol motifs (C(OH)–C–C–N with tert-alkyl or cyclic N) is 1. The van der Waals surface area contributed by atoms with Gasteiger partial charge < -0.3 is 15.1 Å². The zero-order chi connectivity index (χ0) is 13.0. The van der Waals surface area contributed by atoms with E-state index in [1.165, 1.54) is 0 Å². The van der Waals surface area contributed by atoms with Crippen LogP contribution in [0, 0.1) is 5.92 Å². The Morgan fingerprint density at radius 3 is 2.39 bits per heavy atom. The minimum absolute atomic E-state index is 0.295. The lowest BCUT2D eigenvalue weighted by Crippen LogP contribution is -2.43. The van der Waals surface area contributed by atoms with Crippen LogP contribution in [0.25, 0.3) is 0 Å². The molecular weight excluding hydrogens is 226 g/mol. The summed E-state index contributed by atoms with van der Waals surface area (Å²) in [6.45, 7) is 4.76. The van der Waals surface area contributed by atoms with E-state index in [1.807, 2.05) is 37.3 Å². The van der Waals surface area contributed by atoms with Gasteiger partial charge in [0, 0.05) is 13.2 Å². The first kappa shape index (κ1) is 13.5. The van der Waals surface area contributed by atoms with Gasteiger partial charge in [0.2, 0.25) is 0 Å². The molecule has 18 heavy (non-hydrogen) atoms. The van der Waals surface area contributed by atoms with Gasteiger partial charge in [-0.25, -0.2) is 0 Å². The number of rotatable bonds is 4. The minimum atomic E-state index is -0.798. The maximum atomic E-state index is 10.6. The van der Waals surface area contributed by atoms with E-state index in [0.29, 0.717) is 19.1 Å².